The fourth-order valence-corrected chi connectivity index (χ4v) is 2.17. The van der Waals surface area contributed by atoms with Crippen molar-refractivity contribution in [3.8, 4) is 0 Å². The largest absolute Gasteiger partial charge is 0.421 e. The number of anilines is 3. The second-order valence-electron chi connectivity index (χ2n) is 6.22. The first kappa shape index (κ1) is 19.0. The summed E-state index contributed by atoms with van der Waals surface area (Å²) < 4.78 is 40.5. The van der Waals surface area contributed by atoms with E-state index in [4.69, 9.17) is 0 Å². The fraction of sp³-hybridized carbons (Fsp3) is 0.533. The Morgan fingerprint density at radius 1 is 1.24 bits per heavy atom. The molecule has 25 heavy (non-hydrogen) atoms. The molecule has 0 spiro atoms. The van der Waals surface area contributed by atoms with Crippen molar-refractivity contribution in [2.75, 3.05) is 17.2 Å². The molecule has 138 valence electrons. The quantitative estimate of drug-likeness (QED) is 0.736. The second kappa shape index (κ2) is 6.87. The first-order valence-corrected chi connectivity index (χ1v) is 7.71. The lowest BCUT2D eigenvalue weighted by molar-refractivity contribution is -0.137. The van der Waals surface area contributed by atoms with Crippen LogP contribution in [0.3, 0.4) is 0 Å². The van der Waals surface area contributed by atoms with Gasteiger partial charge in [-0.2, -0.15) is 23.3 Å². The highest BCUT2D eigenvalue weighted by Crippen LogP contribution is 2.34. The Hall–Kier alpha value is -2.36. The average molecular weight is 358 g/mol. The molecule has 0 saturated carbocycles. The maximum absolute atomic E-state index is 13.0. The zero-order valence-corrected chi connectivity index (χ0v) is 14.4. The molecule has 7 nitrogen and oxygen atoms in total. The van der Waals surface area contributed by atoms with E-state index in [1.54, 1.807) is 32.4 Å². The lowest BCUT2D eigenvalue weighted by Gasteiger charge is -2.18. The molecule has 0 bridgehead atoms. The van der Waals surface area contributed by atoms with E-state index in [1.165, 1.54) is 6.20 Å². The molecule has 2 rings (SSSR count). The van der Waals surface area contributed by atoms with Crippen molar-refractivity contribution >= 4 is 17.5 Å². The van der Waals surface area contributed by atoms with Crippen LogP contribution in [0.25, 0.3) is 0 Å². The summed E-state index contributed by atoms with van der Waals surface area (Å²) in [5.41, 5.74) is -0.617. The summed E-state index contributed by atoms with van der Waals surface area (Å²) in [7, 11) is 0. The van der Waals surface area contributed by atoms with E-state index < -0.39 is 17.3 Å². The van der Waals surface area contributed by atoms with Crippen LogP contribution in [0.4, 0.5) is 30.6 Å². The molecule has 0 saturated heterocycles. The standard InChI is InChI=1S/C15H21F3N6O/c1-5-19-12-10(15(16,17)18)6-20-13(23-12)22-11-7-21-24(9(11)2)8-14(3,4)25/h6-7,25H,5,8H2,1-4H3,(H2,19,20,22,23). The summed E-state index contributed by atoms with van der Waals surface area (Å²) in [6, 6.07) is 0. The van der Waals surface area contributed by atoms with Gasteiger partial charge in [0.25, 0.3) is 0 Å². The molecule has 2 heterocycles. The van der Waals surface area contributed by atoms with E-state index >= 15 is 0 Å². The summed E-state index contributed by atoms with van der Waals surface area (Å²) in [5, 5.41) is 19.5. The number of aliphatic hydroxyl groups is 1. The normalized spacial score (nSPS) is 12.3. The highest BCUT2D eigenvalue weighted by Gasteiger charge is 2.35. The van der Waals surface area contributed by atoms with Crippen LogP contribution in [0.5, 0.6) is 0 Å². The van der Waals surface area contributed by atoms with Gasteiger partial charge in [-0.3, -0.25) is 4.68 Å². The Balaban J connectivity index is 2.28. The zero-order chi connectivity index (χ0) is 18.8. The maximum Gasteiger partial charge on any atom is 0.421 e. The lowest BCUT2D eigenvalue weighted by Crippen LogP contribution is -2.27. The zero-order valence-electron chi connectivity index (χ0n) is 14.4. The molecule has 0 fully saturated rings. The van der Waals surface area contributed by atoms with Crippen LogP contribution in [0, 0.1) is 6.92 Å². The van der Waals surface area contributed by atoms with Gasteiger partial charge in [-0.15, -0.1) is 0 Å². The molecule has 0 aliphatic heterocycles. The van der Waals surface area contributed by atoms with Crippen LogP contribution >= 0.6 is 0 Å². The number of rotatable bonds is 6. The molecule has 3 N–H and O–H groups in total. The van der Waals surface area contributed by atoms with E-state index in [2.05, 4.69) is 25.7 Å². The SMILES string of the molecule is CCNc1nc(Nc2cnn(CC(C)(C)O)c2C)ncc1C(F)(F)F. The molecule has 0 atom stereocenters. The molecule has 0 aliphatic carbocycles. The van der Waals surface area contributed by atoms with Gasteiger partial charge in [0.15, 0.2) is 0 Å². The van der Waals surface area contributed by atoms with Gasteiger partial charge in [-0.25, -0.2) is 4.98 Å². The number of nitrogens with one attached hydrogen (secondary N) is 2. The van der Waals surface area contributed by atoms with Gasteiger partial charge in [0.05, 0.1) is 29.7 Å². The lowest BCUT2D eigenvalue weighted by atomic mass is 10.1. The third-order valence-corrected chi connectivity index (χ3v) is 3.32. The minimum Gasteiger partial charge on any atom is -0.389 e. The van der Waals surface area contributed by atoms with E-state index in [0.717, 1.165) is 6.20 Å². The Morgan fingerprint density at radius 2 is 1.92 bits per heavy atom. The fourth-order valence-electron chi connectivity index (χ4n) is 2.17. The molecular weight excluding hydrogens is 337 g/mol. The van der Waals surface area contributed by atoms with Crippen molar-refractivity contribution < 1.29 is 18.3 Å². The van der Waals surface area contributed by atoms with Crippen LogP contribution in [0.1, 0.15) is 32.0 Å². The maximum atomic E-state index is 13.0. The Morgan fingerprint density at radius 3 is 2.48 bits per heavy atom. The van der Waals surface area contributed by atoms with Crippen molar-refractivity contribution in [3.63, 3.8) is 0 Å². The second-order valence-corrected chi connectivity index (χ2v) is 6.22. The van der Waals surface area contributed by atoms with Crippen molar-refractivity contribution in [1.29, 1.82) is 0 Å². The molecule has 0 aromatic carbocycles. The van der Waals surface area contributed by atoms with Gasteiger partial charge in [0.1, 0.15) is 11.4 Å². The first-order valence-electron chi connectivity index (χ1n) is 7.71. The highest BCUT2D eigenvalue weighted by molar-refractivity contribution is 5.58. The van der Waals surface area contributed by atoms with Crippen LogP contribution in [-0.2, 0) is 12.7 Å². The van der Waals surface area contributed by atoms with Crippen LogP contribution in [0.2, 0.25) is 0 Å². The Kier molecular flexibility index (Phi) is 5.21. The Labute approximate surface area is 143 Å². The summed E-state index contributed by atoms with van der Waals surface area (Å²) in [6.45, 7) is 7.33. The summed E-state index contributed by atoms with van der Waals surface area (Å²) >= 11 is 0. The van der Waals surface area contributed by atoms with Gasteiger partial charge >= 0.3 is 6.18 Å². The van der Waals surface area contributed by atoms with Gasteiger partial charge in [-0.1, -0.05) is 0 Å². The van der Waals surface area contributed by atoms with Crippen molar-refractivity contribution in [2.45, 2.75) is 46.0 Å². The van der Waals surface area contributed by atoms with Gasteiger partial charge in [0, 0.05) is 12.7 Å². The summed E-state index contributed by atoms with van der Waals surface area (Å²) in [5.74, 6) is -0.260. The molecular formula is C15H21F3N6O. The summed E-state index contributed by atoms with van der Waals surface area (Å²) in [6.07, 6.45) is -2.29. The number of hydrogen-bond acceptors (Lipinski definition) is 6. The first-order chi connectivity index (χ1) is 11.5. The minimum absolute atomic E-state index is 0.0230. The van der Waals surface area contributed by atoms with Crippen molar-refractivity contribution in [1.82, 2.24) is 19.7 Å². The van der Waals surface area contributed by atoms with E-state index in [1.807, 2.05) is 0 Å². The third kappa shape index (κ3) is 4.81. The molecule has 0 radical (unpaired) electrons. The highest BCUT2D eigenvalue weighted by atomic mass is 19.4. The van der Waals surface area contributed by atoms with E-state index in [-0.39, 0.29) is 18.3 Å². The molecule has 0 amide bonds. The van der Waals surface area contributed by atoms with Crippen LogP contribution in [-0.4, -0.2) is 37.0 Å². The molecule has 10 heteroatoms. The monoisotopic (exact) mass is 358 g/mol. The minimum atomic E-state index is -4.54. The number of alkyl halides is 3. The number of halogens is 3. The van der Waals surface area contributed by atoms with Crippen LogP contribution < -0.4 is 10.6 Å². The Bertz CT molecular complexity index is 736. The smallest absolute Gasteiger partial charge is 0.389 e. The average Bonchev–Trinajstić information content (AvgIpc) is 2.78. The molecule has 2 aromatic heterocycles. The summed E-state index contributed by atoms with van der Waals surface area (Å²) in [4.78, 5) is 7.65. The topological polar surface area (TPSA) is 87.9 Å². The predicted molar refractivity (Wildman–Crippen MR) is 87.7 cm³/mol. The van der Waals surface area contributed by atoms with Gasteiger partial charge < -0.3 is 15.7 Å². The van der Waals surface area contributed by atoms with Crippen molar-refractivity contribution in [3.05, 3.63) is 23.7 Å². The van der Waals surface area contributed by atoms with Crippen LogP contribution in [0.15, 0.2) is 12.4 Å². The van der Waals surface area contributed by atoms with E-state index in [9.17, 15) is 18.3 Å². The third-order valence-electron chi connectivity index (χ3n) is 3.32. The molecule has 0 unspecified atom stereocenters. The van der Waals surface area contributed by atoms with Crippen molar-refractivity contribution in [2.24, 2.45) is 0 Å². The van der Waals surface area contributed by atoms with E-state index in [0.29, 0.717) is 17.9 Å². The van der Waals surface area contributed by atoms with Gasteiger partial charge in [-0.05, 0) is 27.7 Å². The predicted octanol–water partition coefficient (Wildman–Crippen LogP) is 2.95. The molecule has 0 aliphatic rings. The number of hydrogen-bond donors (Lipinski definition) is 3. The number of nitrogens with zero attached hydrogens (tertiary/aromatic N) is 4. The molecule has 2 aromatic rings. The number of aromatic nitrogens is 4. The van der Waals surface area contributed by atoms with Gasteiger partial charge in [0.2, 0.25) is 5.95 Å².